The summed E-state index contributed by atoms with van der Waals surface area (Å²) < 4.78 is 5.76. The second-order valence-electron chi connectivity index (χ2n) is 4.32. The van der Waals surface area contributed by atoms with Crippen molar-refractivity contribution in [1.82, 2.24) is 10.6 Å². The fourth-order valence-electron chi connectivity index (χ4n) is 1.57. The Kier molecular flexibility index (Phi) is 7.64. The molecule has 0 fully saturated rings. The summed E-state index contributed by atoms with van der Waals surface area (Å²) in [6.07, 6.45) is 0.851. The number of carbonyl (C=O) groups excluding carboxylic acids is 3. The summed E-state index contributed by atoms with van der Waals surface area (Å²) in [7, 11) is 0. The van der Waals surface area contributed by atoms with Crippen LogP contribution in [0.2, 0.25) is 0 Å². The molecule has 8 heteroatoms. The summed E-state index contributed by atoms with van der Waals surface area (Å²) in [5.74, 6) is -2.14. The van der Waals surface area contributed by atoms with E-state index in [0.717, 1.165) is 17.8 Å². The number of benzene rings is 1. The minimum atomic E-state index is -0.660. The number of ether oxygens (including phenoxy) is 1. The molecule has 0 spiro atoms. The molecule has 120 valence electrons. The van der Waals surface area contributed by atoms with Gasteiger partial charge in [-0.3, -0.25) is 14.4 Å². The van der Waals surface area contributed by atoms with Crippen LogP contribution in [0.4, 0.5) is 0 Å². The van der Waals surface area contributed by atoms with E-state index in [0.29, 0.717) is 6.54 Å². The van der Waals surface area contributed by atoms with Crippen LogP contribution in [0.1, 0.15) is 23.7 Å². The van der Waals surface area contributed by atoms with Crippen molar-refractivity contribution in [2.75, 3.05) is 17.5 Å². The average Bonchev–Trinajstić information content (AvgIpc) is 2.46. The Morgan fingerprint density at radius 1 is 1.27 bits per heavy atom. The van der Waals surface area contributed by atoms with Crippen LogP contribution in [-0.2, 0) is 9.59 Å². The number of amides is 2. The zero-order chi connectivity index (χ0) is 16.5. The Bertz CT molecular complexity index is 562. The molecule has 1 aromatic carbocycles. The van der Waals surface area contributed by atoms with Crippen molar-refractivity contribution in [3.63, 3.8) is 0 Å². The fourth-order valence-corrected chi connectivity index (χ4v) is 1.95. The summed E-state index contributed by atoms with van der Waals surface area (Å²) in [4.78, 5) is 34.6. The zero-order valence-electron chi connectivity index (χ0n) is 12.0. The molecule has 0 unspecified atom stereocenters. The highest BCUT2D eigenvalue weighted by molar-refractivity contribution is 14.1. The molecule has 0 heterocycles. The molecular weight excluding hydrogens is 403 g/mol. The third-order valence-electron chi connectivity index (χ3n) is 2.53. The van der Waals surface area contributed by atoms with Crippen molar-refractivity contribution in [3.05, 3.63) is 23.8 Å². The lowest BCUT2D eigenvalue weighted by Crippen LogP contribution is -2.37. The van der Waals surface area contributed by atoms with Crippen LogP contribution in [0.25, 0.3) is 0 Å². The molecule has 22 heavy (non-hydrogen) atoms. The minimum Gasteiger partial charge on any atom is -0.504 e. The van der Waals surface area contributed by atoms with Crippen molar-refractivity contribution in [1.29, 1.82) is 0 Å². The first-order valence-corrected chi connectivity index (χ1v) is 8.09. The first-order valence-electron chi connectivity index (χ1n) is 6.57. The van der Waals surface area contributed by atoms with Gasteiger partial charge in [0.2, 0.25) is 5.91 Å². The molecule has 3 N–H and O–H groups in total. The summed E-state index contributed by atoms with van der Waals surface area (Å²) in [6, 6.07) is 4.13. The van der Waals surface area contributed by atoms with Gasteiger partial charge in [0.1, 0.15) is 0 Å². The topological polar surface area (TPSA) is 105 Å². The molecule has 0 aromatic heterocycles. The molecule has 0 radical (unpaired) electrons. The van der Waals surface area contributed by atoms with Crippen molar-refractivity contribution < 1.29 is 24.2 Å². The maximum Gasteiger partial charge on any atom is 0.308 e. The maximum atomic E-state index is 12.0. The number of rotatable bonds is 7. The van der Waals surface area contributed by atoms with E-state index in [1.165, 1.54) is 18.2 Å². The summed E-state index contributed by atoms with van der Waals surface area (Å²) >= 11 is 2.20. The highest BCUT2D eigenvalue weighted by Gasteiger charge is 2.18. The molecular formula is C14H17IN2O5. The first kappa shape index (κ1) is 18.2. The molecule has 0 aliphatic heterocycles. The van der Waals surface area contributed by atoms with E-state index in [4.69, 9.17) is 4.74 Å². The van der Waals surface area contributed by atoms with E-state index in [-0.39, 0.29) is 29.5 Å². The Morgan fingerprint density at radius 2 is 2.00 bits per heavy atom. The van der Waals surface area contributed by atoms with Crippen LogP contribution in [-0.4, -0.2) is 40.4 Å². The molecule has 0 aliphatic rings. The van der Waals surface area contributed by atoms with Crippen molar-refractivity contribution in [3.8, 4) is 11.5 Å². The SMILES string of the molecule is CC(=O)Oc1c(O)cccc1C(=O)NCC(=O)NCCCI. The molecule has 2 amide bonds. The average molecular weight is 420 g/mol. The Morgan fingerprint density at radius 3 is 2.64 bits per heavy atom. The lowest BCUT2D eigenvalue weighted by molar-refractivity contribution is -0.132. The van der Waals surface area contributed by atoms with E-state index in [2.05, 4.69) is 33.2 Å². The van der Waals surface area contributed by atoms with Crippen LogP contribution in [0.5, 0.6) is 11.5 Å². The fraction of sp³-hybridized carbons (Fsp3) is 0.357. The lowest BCUT2D eigenvalue weighted by Gasteiger charge is -2.11. The van der Waals surface area contributed by atoms with Gasteiger partial charge in [-0.15, -0.1) is 0 Å². The van der Waals surface area contributed by atoms with Crippen LogP contribution >= 0.6 is 22.6 Å². The number of halogens is 1. The van der Waals surface area contributed by atoms with Crippen LogP contribution in [0, 0.1) is 0 Å². The number of carbonyl (C=O) groups is 3. The van der Waals surface area contributed by atoms with Crippen molar-refractivity contribution in [2.24, 2.45) is 0 Å². The van der Waals surface area contributed by atoms with Gasteiger partial charge in [-0.05, 0) is 18.6 Å². The molecule has 7 nitrogen and oxygen atoms in total. The van der Waals surface area contributed by atoms with Gasteiger partial charge < -0.3 is 20.5 Å². The largest absolute Gasteiger partial charge is 0.504 e. The molecule has 0 bridgehead atoms. The number of nitrogens with one attached hydrogen (secondary N) is 2. The number of esters is 1. The minimum absolute atomic E-state index is 0.0183. The van der Waals surface area contributed by atoms with Gasteiger partial charge in [0.05, 0.1) is 12.1 Å². The summed E-state index contributed by atoms with van der Waals surface area (Å²) in [6.45, 7) is 1.51. The van der Waals surface area contributed by atoms with E-state index in [1.807, 2.05) is 0 Å². The smallest absolute Gasteiger partial charge is 0.308 e. The Hall–Kier alpha value is -1.84. The molecule has 1 rings (SSSR count). The van der Waals surface area contributed by atoms with Crippen LogP contribution in [0.15, 0.2) is 18.2 Å². The van der Waals surface area contributed by atoms with Gasteiger partial charge >= 0.3 is 5.97 Å². The number of aromatic hydroxyl groups is 1. The monoisotopic (exact) mass is 420 g/mol. The second-order valence-corrected chi connectivity index (χ2v) is 5.40. The van der Waals surface area contributed by atoms with E-state index < -0.39 is 11.9 Å². The molecule has 0 saturated heterocycles. The van der Waals surface area contributed by atoms with Crippen molar-refractivity contribution >= 4 is 40.4 Å². The summed E-state index contributed by atoms with van der Waals surface area (Å²) in [5.41, 5.74) is -0.0183. The predicted molar refractivity (Wildman–Crippen MR) is 88.3 cm³/mol. The number of phenols is 1. The lowest BCUT2D eigenvalue weighted by atomic mass is 10.1. The zero-order valence-corrected chi connectivity index (χ0v) is 14.2. The standard InChI is InChI=1S/C14H17IN2O5/c1-9(18)22-13-10(4-2-5-11(13)19)14(21)17-8-12(20)16-7-3-6-15/h2,4-5,19H,3,6-8H2,1H3,(H,16,20)(H,17,21). The molecule has 0 aliphatic carbocycles. The first-order chi connectivity index (χ1) is 10.5. The van der Waals surface area contributed by atoms with E-state index in [9.17, 15) is 19.5 Å². The number of para-hydroxylation sites is 1. The van der Waals surface area contributed by atoms with Crippen LogP contribution < -0.4 is 15.4 Å². The number of hydrogen-bond acceptors (Lipinski definition) is 5. The third-order valence-corrected chi connectivity index (χ3v) is 3.29. The predicted octanol–water partition coefficient (Wildman–Crippen LogP) is 0.989. The maximum absolute atomic E-state index is 12.0. The summed E-state index contributed by atoms with van der Waals surface area (Å²) in [5, 5.41) is 14.7. The molecule has 0 saturated carbocycles. The highest BCUT2D eigenvalue weighted by Crippen LogP contribution is 2.30. The number of hydrogen-bond donors (Lipinski definition) is 3. The van der Waals surface area contributed by atoms with Gasteiger partial charge in [-0.1, -0.05) is 28.7 Å². The van der Waals surface area contributed by atoms with Gasteiger partial charge in [-0.2, -0.15) is 0 Å². The van der Waals surface area contributed by atoms with Gasteiger partial charge in [-0.25, -0.2) is 0 Å². The normalized spacial score (nSPS) is 9.91. The molecule has 0 atom stereocenters. The second kappa shape index (κ2) is 9.23. The number of alkyl halides is 1. The van der Waals surface area contributed by atoms with Gasteiger partial charge in [0.25, 0.3) is 5.91 Å². The van der Waals surface area contributed by atoms with E-state index in [1.54, 1.807) is 0 Å². The van der Waals surface area contributed by atoms with Crippen LogP contribution in [0.3, 0.4) is 0 Å². The third kappa shape index (κ3) is 5.88. The van der Waals surface area contributed by atoms with E-state index >= 15 is 0 Å². The van der Waals surface area contributed by atoms with Gasteiger partial charge in [0.15, 0.2) is 11.5 Å². The Balaban J connectivity index is 2.67. The quantitative estimate of drug-likeness (QED) is 0.201. The van der Waals surface area contributed by atoms with Crippen molar-refractivity contribution in [2.45, 2.75) is 13.3 Å². The number of phenolic OH excluding ortho intramolecular Hbond substituents is 1. The highest BCUT2D eigenvalue weighted by atomic mass is 127. The Labute approximate surface area is 141 Å². The van der Waals surface area contributed by atoms with Gasteiger partial charge in [0, 0.05) is 17.9 Å². The molecule has 1 aromatic rings.